The predicted molar refractivity (Wildman–Crippen MR) is 139 cm³/mol. The largest absolute Gasteiger partial charge is 0.344 e. The Labute approximate surface area is 208 Å². The lowest BCUT2D eigenvalue weighted by Crippen LogP contribution is -2.43. The highest BCUT2D eigenvalue weighted by Crippen LogP contribution is 2.30. The highest BCUT2D eigenvalue weighted by atomic mass is 16.2. The van der Waals surface area contributed by atoms with Gasteiger partial charge < -0.3 is 10.3 Å². The molecule has 3 aromatic rings. The van der Waals surface area contributed by atoms with Crippen molar-refractivity contribution in [1.82, 2.24) is 20.2 Å². The van der Waals surface area contributed by atoms with Gasteiger partial charge in [-0.2, -0.15) is 0 Å². The lowest BCUT2D eigenvalue weighted by Gasteiger charge is -2.34. The molecule has 4 rings (SSSR count). The number of Topliss-reactive ketones (excluding diaryl/α,β-unsaturated/α-hetero) is 1. The third-order valence-electron chi connectivity index (χ3n) is 6.94. The number of benzene rings is 2. The molecule has 2 atom stereocenters. The molecule has 6 heteroatoms. The maximum absolute atomic E-state index is 13.6. The zero-order valence-electron chi connectivity index (χ0n) is 20.8. The van der Waals surface area contributed by atoms with E-state index in [2.05, 4.69) is 32.3 Å². The predicted octanol–water partition coefficient (Wildman–Crippen LogP) is 5.39. The number of aromatic nitrogens is 2. The highest BCUT2D eigenvalue weighted by Gasteiger charge is 2.32. The fourth-order valence-corrected chi connectivity index (χ4v) is 4.86. The summed E-state index contributed by atoms with van der Waals surface area (Å²) in [5.74, 6) is 1.09. The minimum atomic E-state index is -0.312. The van der Waals surface area contributed by atoms with Gasteiger partial charge in [-0.3, -0.25) is 14.5 Å². The lowest BCUT2D eigenvalue weighted by molar-refractivity contribution is -0.127. The average Bonchev–Trinajstić information content (AvgIpc) is 3.38. The van der Waals surface area contributed by atoms with E-state index in [4.69, 9.17) is 0 Å². The summed E-state index contributed by atoms with van der Waals surface area (Å²) in [6.45, 7) is 2.76. The molecule has 0 saturated heterocycles. The van der Waals surface area contributed by atoms with Crippen molar-refractivity contribution in [3.8, 4) is 11.3 Å². The molecule has 0 saturated carbocycles. The minimum absolute atomic E-state index is 0.00321. The number of fused-ring (bicyclic) bond motifs is 1. The first-order chi connectivity index (χ1) is 17.1. The van der Waals surface area contributed by atoms with E-state index in [1.807, 2.05) is 62.6 Å². The maximum atomic E-state index is 13.6. The number of hydrogen-bond donors (Lipinski definition) is 2. The van der Waals surface area contributed by atoms with E-state index < -0.39 is 0 Å². The molecule has 0 aliphatic carbocycles. The number of unbranched alkanes of at least 4 members (excludes halogenated alkanes) is 2. The van der Waals surface area contributed by atoms with Crippen LogP contribution in [0, 0.1) is 0 Å². The molecule has 0 radical (unpaired) electrons. The third kappa shape index (κ3) is 6.25. The molecule has 1 aliphatic rings. The van der Waals surface area contributed by atoms with Crippen LogP contribution in [0.3, 0.4) is 0 Å². The number of carbonyl (C=O) groups excluding carboxylic acids is 2. The van der Waals surface area contributed by atoms with Crippen molar-refractivity contribution in [3.63, 3.8) is 0 Å². The molecular weight excluding hydrogens is 436 g/mol. The number of nitrogens with one attached hydrogen (secondary N) is 2. The summed E-state index contributed by atoms with van der Waals surface area (Å²) in [6, 6.07) is 17.8. The summed E-state index contributed by atoms with van der Waals surface area (Å²) in [5, 5.41) is 3.31. The molecule has 0 spiro atoms. The number of carbonyl (C=O) groups is 2. The average molecular weight is 473 g/mol. The first kappa shape index (κ1) is 24.9. The Morgan fingerprint density at radius 1 is 1.09 bits per heavy atom. The first-order valence-electron chi connectivity index (χ1n) is 12.8. The highest BCUT2D eigenvalue weighted by molar-refractivity contribution is 5.84. The van der Waals surface area contributed by atoms with E-state index >= 15 is 0 Å². The van der Waals surface area contributed by atoms with Gasteiger partial charge in [0, 0.05) is 19.4 Å². The second-order valence-corrected chi connectivity index (χ2v) is 9.43. The smallest absolute Gasteiger partial charge is 0.242 e. The number of rotatable bonds is 11. The standard InChI is InChI=1S/C29H36N4O2/c1-3-23(34)15-8-5-9-17-25(28-30-20-26(31-28)22-13-6-4-7-14-22)32-29(35)27-24-16-11-10-12-21(24)18-19-33(27)2/h4,6-7,10-14,16,20,25,27H,3,5,8-9,15,17-19H2,1-2H3,(H,30,31)(H,32,35)/t25-,27?/m0/s1. The van der Waals surface area contributed by atoms with E-state index in [9.17, 15) is 9.59 Å². The van der Waals surface area contributed by atoms with Crippen molar-refractivity contribution in [3.05, 3.63) is 77.7 Å². The Hall–Kier alpha value is -3.25. The molecule has 35 heavy (non-hydrogen) atoms. The number of amides is 1. The SMILES string of the molecule is CCC(=O)CCCCC[C@H](NC(=O)C1c2ccccc2CCN1C)c1ncc(-c2ccccc2)[nH]1. The van der Waals surface area contributed by atoms with Crippen molar-refractivity contribution in [2.45, 2.75) is 64.0 Å². The van der Waals surface area contributed by atoms with E-state index in [1.54, 1.807) is 0 Å². The quantitative estimate of drug-likeness (QED) is 0.367. The van der Waals surface area contributed by atoms with E-state index in [-0.39, 0.29) is 18.0 Å². The Morgan fingerprint density at radius 2 is 1.86 bits per heavy atom. The number of hydrogen-bond acceptors (Lipinski definition) is 4. The van der Waals surface area contributed by atoms with Crippen LogP contribution in [0.5, 0.6) is 0 Å². The van der Waals surface area contributed by atoms with Crippen molar-refractivity contribution >= 4 is 11.7 Å². The Bertz CT molecular complexity index is 1120. The lowest BCUT2D eigenvalue weighted by atomic mass is 9.92. The van der Waals surface area contributed by atoms with Gasteiger partial charge in [-0.15, -0.1) is 0 Å². The molecule has 1 aromatic heterocycles. The van der Waals surface area contributed by atoms with Gasteiger partial charge in [0.2, 0.25) is 5.91 Å². The molecule has 2 N–H and O–H groups in total. The van der Waals surface area contributed by atoms with Crippen molar-refractivity contribution in [1.29, 1.82) is 0 Å². The number of ketones is 1. The number of H-pyrrole nitrogens is 1. The topological polar surface area (TPSA) is 78.1 Å². The van der Waals surface area contributed by atoms with Gasteiger partial charge in [0.05, 0.1) is 17.9 Å². The van der Waals surface area contributed by atoms with Crippen LogP contribution in [0.15, 0.2) is 60.8 Å². The van der Waals surface area contributed by atoms with Crippen molar-refractivity contribution < 1.29 is 9.59 Å². The van der Waals surface area contributed by atoms with Crippen LogP contribution >= 0.6 is 0 Å². The summed E-state index contributed by atoms with van der Waals surface area (Å²) in [6.07, 6.45) is 7.56. The second-order valence-electron chi connectivity index (χ2n) is 9.43. The van der Waals surface area contributed by atoms with Crippen LogP contribution in [-0.2, 0) is 16.0 Å². The van der Waals surface area contributed by atoms with Crippen LogP contribution in [0.25, 0.3) is 11.3 Å². The van der Waals surface area contributed by atoms with Gasteiger partial charge in [-0.05, 0) is 43.0 Å². The number of nitrogens with zero attached hydrogens (tertiary/aromatic N) is 2. The molecular formula is C29H36N4O2. The molecule has 2 aromatic carbocycles. The van der Waals surface area contributed by atoms with Gasteiger partial charge in [0.1, 0.15) is 17.6 Å². The molecule has 1 amide bonds. The van der Waals surface area contributed by atoms with Gasteiger partial charge >= 0.3 is 0 Å². The molecule has 6 nitrogen and oxygen atoms in total. The monoisotopic (exact) mass is 472 g/mol. The Kier molecular flexibility index (Phi) is 8.48. The minimum Gasteiger partial charge on any atom is -0.344 e. The Balaban J connectivity index is 1.50. The van der Waals surface area contributed by atoms with Gasteiger partial charge in [-0.1, -0.05) is 74.4 Å². The summed E-state index contributed by atoms with van der Waals surface area (Å²) < 4.78 is 0. The van der Waals surface area contributed by atoms with E-state index in [0.29, 0.717) is 18.6 Å². The summed E-state index contributed by atoms with van der Waals surface area (Å²) in [5.41, 5.74) is 4.33. The molecule has 2 heterocycles. The number of likely N-dealkylation sites (N-methyl/N-ethyl adjacent to an activating group) is 1. The van der Waals surface area contributed by atoms with Crippen molar-refractivity contribution in [2.75, 3.05) is 13.6 Å². The van der Waals surface area contributed by atoms with E-state index in [0.717, 1.165) is 61.3 Å². The number of aromatic amines is 1. The molecule has 184 valence electrons. The molecule has 0 fully saturated rings. The fraction of sp³-hybridized carbons (Fsp3) is 0.414. The zero-order chi connectivity index (χ0) is 24.6. The normalized spacial score (nSPS) is 16.5. The number of imidazole rings is 1. The molecule has 1 unspecified atom stereocenters. The van der Waals surface area contributed by atoms with Crippen LogP contribution in [-0.4, -0.2) is 40.2 Å². The van der Waals surface area contributed by atoms with Crippen LogP contribution in [0.4, 0.5) is 0 Å². The summed E-state index contributed by atoms with van der Waals surface area (Å²) in [4.78, 5) is 35.5. The second kappa shape index (κ2) is 11.9. The van der Waals surface area contributed by atoms with Gasteiger partial charge in [-0.25, -0.2) is 4.98 Å². The third-order valence-corrected chi connectivity index (χ3v) is 6.94. The summed E-state index contributed by atoms with van der Waals surface area (Å²) in [7, 11) is 2.01. The molecule has 0 bridgehead atoms. The maximum Gasteiger partial charge on any atom is 0.242 e. The Morgan fingerprint density at radius 3 is 2.66 bits per heavy atom. The van der Waals surface area contributed by atoms with Gasteiger partial charge in [0.15, 0.2) is 0 Å². The van der Waals surface area contributed by atoms with Crippen LogP contribution in [0.1, 0.15) is 74.5 Å². The zero-order valence-corrected chi connectivity index (χ0v) is 20.8. The van der Waals surface area contributed by atoms with E-state index in [1.165, 1.54) is 5.56 Å². The summed E-state index contributed by atoms with van der Waals surface area (Å²) >= 11 is 0. The molecule has 1 aliphatic heterocycles. The van der Waals surface area contributed by atoms with Gasteiger partial charge in [0.25, 0.3) is 0 Å². The van der Waals surface area contributed by atoms with Crippen molar-refractivity contribution in [2.24, 2.45) is 0 Å². The first-order valence-corrected chi connectivity index (χ1v) is 12.8. The van der Waals surface area contributed by atoms with Crippen LogP contribution in [0.2, 0.25) is 0 Å². The van der Waals surface area contributed by atoms with Crippen LogP contribution < -0.4 is 5.32 Å². The fourth-order valence-electron chi connectivity index (χ4n) is 4.86.